The van der Waals surface area contributed by atoms with Gasteiger partial charge in [0.05, 0.1) is 24.5 Å². The first-order valence-corrected chi connectivity index (χ1v) is 8.05. The van der Waals surface area contributed by atoms with Crippen LogP contribution >= 0.6 is 0 Å². The van der Waals surface area contributed by atoms with Crippen molar-refractivity contribution in [3.8, 4) is 0 Å². The molecule has 130 valence electrons. The number of urea groups is 1. The number of hydrogen-bond acceptors (Lipinski definition) is 4. The molecule has 3 rings (SSSR count). The van der Waals surface area contributed by atoms with Crippen LogP contribution in [0.2, 0.25) is 0 Å². The molecule has 2 heterocycles. The highest BCUT2D eigenvalue weighted by molar-refractivity contribution is 5.92. The molecule has 1 aromatic carbocycles. The number of carbonyl (C=O) groups excluding carboxylic acids is 2. The highest BCUT2D eigenvalue weighted by Crippen LogP contribution is 2.25. The van der Waals surface area contributed by atoms with Crippen molar-refractivity contribution in [2.24, 2.45) is 5.73 Å². The highest BCUT2D eigenvalue weighted by Gasteiger charge is 2.29. The summed E-state index contributed by atoms with van der Waals surface area (Å²) in [4.78, 5) is 29.2. The van der Waals surface area contributed by atoms with Gasteiger partial charge in [-0.1, -0.05) is 30.3 Å². The van der Waals surface area contributed by atoms with Crippen molar-refractivity contribution in [1.29, 1.82) is 0 Å². The van der Waals surface area contributed by atoms with E-state index in [9.17, 15) is 9.59 Å². The predicted molar refractivity (Wildman–Crippen MR) is 93.1 cm³/mol. The molecule has 0 saturated carbocycles. The third-order valence-corrected chi connectivity index (χ3v) is 3.99. The summed E-state index contributed by atoms with van der Waals surface area (Å²) in [5.74, 6) is -0.606. The highest BCUT2D eigenvalue weighted by atomic mass is 16.5. The molecule has 1 fully saturated rings. The van der Waals surface area contributed by atoms with Gasteiger partial charge in [-0.25, -0.2) is 9.78 Å². The van der Waals surface area contributed by atoms with E-state index < -0.39 is 5.91 Å². The third kappa shape index (κ3) is 4.13. The summed E-state index contributed by atoms with van der Waals surface area (Å²) in [6.07, 6.45) is 1.18. The lowest BCUT2D eigenvalue weighted by molar-refractivity contribution is -0.0642. The molecule has 7 nitrogen and oxygen atoms in total. The van der Waals surface area contributed by atoms with Crippen molar-refractivity contribution in [3.63, 3.8) is 0 Å². The summed E-state index contributed by atoms with van der Waals surface area (Å²) in [6.45, 7) is 2.91. The van der Waals surface area contributed by atoms with Gasteiger partial charge in [0.1, 0.15) is 11.8 Å². The molecule has 0 bridgehead atoms. The monoisotopic (exact) mass is 340 g/mol. The van der Waals surface area contributed by atoms with Crippen LogP contribution in [-0.2, 0) is 4.74 Å². The summed E-state index contributed by atoms with van der Waals surface area (Å²) in [5.41, 5.74) is 6.86. The van der Waals surface area contributed by atoms with Gasteiger partial charge in [-0.2, -0.15) is 0 Å². The molecule has 0 aliphatic carbocycles. The molecule has 2 aromatic rings. The molecule has 3 amide bonds. The van der Waals surface area contributed by atoms with Gasteiger partial charge >= 0.3 is 6.03 Å². The van der Waals surface area contributed by atoms with Crippen molar-refractivity contribution in [1.82, 2.24) is 9.88 Å². The number of anilines is 1. The van der Waals surface area contributed by atoms with E-state index in [2.05, 4.69) is 10.3 Å². The van der Waals surface area contributed by atoms with Gasteiger partial charge in [0.25, 0.3) is 5.91 Å². The Hall–Kier alpha value is -2.93. The molecule has 3 N–H and O–H groups in total. The van der Waals surface area contributed by atoms with Crippen LogP contribution < -0.4 is 11.1 Å². The minimum absolute atomic E-state index is 0.0694. The van der Waals surface area contributed by atoms with E-state index in [1.54, 1.807) is 11.0 Å². The topological polar surface area (TPSA) is 97.6 Å². The molecule has 0 radical (unpaired) electrons. The second-order valence-corrected chi connectivity index (χ2v) is 5.98. The maximum absolute atomic E-state index is 12.5. The van der Waals surface area contributed by atoms with E-state index >= 15 is 0 Å². The number of benzene rings is 1. The molecule has 7 heteroatoms. The molecule has 1 aliphatic heterocycles. The van der Waals surface area contributed by atoms with E-state index in [0.29, 0.717) is 18.8 Å². The first kappa shape index (κ1) is 16.9. The summed E-state index contributed by atoms with van der Waals surface area (Å²) < 4.78 is 5.96. The number of nitrogens with zero attached hydrogens (tertiary/aromatic N) is 2. The largest absolute Gasteiger partial charge is 0.367 e. The Bertz CT molecular complexity index is 749. The molecular formula is C18H20N4O3. The molecule has 1 aromatic heterocycles. The summed E-state index contributed by atoms with van der Waals surface area (Å²) in [7, 11) is 0. The number of pyridine rings is 1. The number of hydrogen-bond donors (Lipinski definition) is 2. The van der Waals surface area contributed by atoms with Gasteiger partial charge in [-0.05, 0) is 24.6 Å². The van der Waals surface area contributed by atoms with E-state index in [1.807, 2.05) is 37.3 Å². The molecule has 2 atom stereocenters. The lowest BCUT2D eigenvalue weighted by Crippen LogP contribution is -2.47. The quantitative estimate of drug-likeness (QED) is 0.895. The zero-order valence-electron chi connectivity index (χ0n) is 13.9. The number of carbonyl (C=O) groups is 2. The van der Waals surface area contributed by atoms with Gasteiger partial charge in [0, 0.05) is 6.54 Å². The number of amides is 3. The molecule has 1 aliphatic rings. The first-order valence-electron chi connectivity index (χ1n) is 8.05. The fourth-order valence-electron chi connectivity index (χ4n) is 2.79. The van der Waals surface area contributed by atoms with E-state index in [0.717, 1.165) is 5.56 Å². The number of primary amides is 1. The lowest BCUT2D eigenvalue weighted by Gasteiger charge is -2.37. The second-order valence-electron chi connectivity index (χ2n) is 5.98. The number of rotatable bonds is 3. The van der Waals surface area contributed by atoms with Crippen LogP contribution in [0.5, 0.6) is 0 Å². The van der Waals surface area contributed by atoms with Crippen LogP contribution in [0.1, 0.15) is 29.1 Å². The van der Waals surface area contributed by atoms with Gasteiger partial charge in [-0.3, -0.25) is 4.79 Å². The number of morpholine rings is 1. The van der Waals surface area contributed by atoms with Crippen LogP contribution in [0.25, 0.3) is 0 Å². The Morgan fingerprint density at radius 1 is 1.20 bits per heavy atom. The smallest absolute Gasteiger partial charge is 0.322 e. The maximum atomic E-state index is 12.5. The van der Waals surface area contributed by atoms with E-state index in [4.69, 9.17) is 10.5 Å². The number of nitrogens with two attached hydrogens (primary N) is 1. The Morgan fingerprint density at radius 3 is 2.60 bits per heavy atom. The van der Waals surface area contributed by atoms with Crippen molar-refractivity contribution in [2.75, 3.05) is 18.4 Å². The first-order chi connectivity index (χ1) is 12.0. The zero-order chi connectivity index (χ0) is 17.8. The minimum Gasteiger partial charge on any atom is -0.367 e. The van der Waals surface area contributed by atoms with Crippen LogP contribution in [0.15, 0.2) is 48.7 Å². The van der Waals surface area contributed by atoms with Crippen LogP contribution in [0.4, 0.5) is 10.5 Å². The van der Waals surface area contributed by atoms with Gasteiger partial charge in [0.15, 0.2) is 0 Å². The molecule has 0 spiro atoms. The summed E-state index contributed by atoms with van der Waals surface area (Å²) in [6, 6.07) is 12.7. The number of nitrogens with one attached hydrogen (secondary N) is 1. The maximum Gasteiger partial charge on any atom is 0.322 e. The normalized spacial score (nSPS) is 20.1. The van der Waals surface area contributed by atoms with Crippen molar-refractivity contribution in [2.45, 2.75) is 19.1 Å². The third-order valence-electron chi connectivity index (χ3n) is 3.99. The molecular weight excluding hydrogens is 320 g/mol. The SMILES string of the molecule is C[C@H]1CN(C(=O)Nc2ccc(C(N)=O)nc2)C[C@@H](c2ccccc2)O1. The Morgan fingerprint density at radius 2 is 1.96 bits per heavy atom. The van der Waals surface area contributed by atoms with Crippen LogP contribution in [0, 0.1) is 0 Å². The van der Waals surface area contributed by atoms with Gasteiger partial charge < -0.3 is 20.7 Å². The number of ether oxygens (including phenoxy) is 1. The van der Waals surface area contributed by atoms with E-state index in [-0.39, 0.29) is 23.9 Å². The molecule has 1 saturated heterocycles. The Kier molecular flexibility index (Phi) is 4.95. The van der Waals surface area contributed by atoms with Crippen molar-refractivity contribution < 1.29 is 14.3 Å². The van der Waals surface area contributed by atoms with Crippen LogP contribution in [-0.4, -0.2) is 41.0 Å². The average Bonchev–Trinajstić information content (AvgIpc) is 2.62. The van der Waals surface area contributed by atoms with Crippen LogP contribution in [0.3, 0.4) is 0 Å². The zero-order valence-corrected chi connectivity index (χ0v) is 13.9. The van der Waals surface area contributed by atoms with Crippen molar-refractivity contribution in [3.05, 3.63) is 59.9 Å². The lowest BCUT2D eigenvalue weighted by atomic mass is 10.1. The van der Waals surface area contributed by atoms with Gasteiger partial charge in [0.2, 0.25) is 0 Å². The predicted octanol–water partition coefficient (Wildman–Crippen LogP) is 2.17. The van der Waals surface area contributed by atoms with E-state index in [1.165, 1.54) is 12.3 Å². The summed E-state index contributed by atoms with van der Waals surface area (Å²) >= 11 is 0. The molecule has 0 unspecified atom stereocenters. The standard InChI is InChI=1S/C18H20N4O3/c1-12-10-22(11-16(25-12)13-5-3-2-4-6-13)18(24)21-14-7-8-15(17(19)23)20-9-14/h2-9,12,16H,10-11H2,1H3,(H2,19,23)(H,21,24)/t12-,16-/m0/s1. The fourth-order valence-corrected chi connectivity index (χ4v) is 2.79. The number of aromatic nitrogens is 1. The summed E-state index contributed by atoms with van der Waals surface area (Å²) in [5, 5.41) is 2.79. The second kappa shape index (κ2) is 7.31. The fraction of sp³-hybridized carbons (Fsp3) is 0.278. The Balaban J connectivity index is 1.67. The average molecular weight is 340 g/mol. The Labute approximate surface area is 145 Å². The van der Waals surface area contributed by atoms with Gasteiger partial charge in [-0.15, -0.1) is 0 Å². The van der Waals surface area contributed by atoms with Crippen molar-refractivity contribution >= 4 is 17.6 Å². The minimum atomic E-state index is -0.606. The molecule has 25 heavy (non-hydrogen) atoms.